The summed E-state index contributed by atoms with van der Waals surface area (Å²) in [6.45, 7) is 7.24. The molecule has 0 aliphatic heterocycles. The van der Waals surface area contributed by atoms with E-state index in [9.17, 15) is 9.90 Å². The van der Waals surface area contributed by atoms with Crippen molar-refractivity contribution in [2.45, 2.75) is 77.9 Å². The largest absolute Gasteiger partial charge is 0.390 e. The van der Waals surface area contributed by atoms with Crippen molar-refractivity contribution in [3.8, 4) is 0 Å². The highest BCUT2D eigenvalue weighted by Crippen LogP contribution is 2.76. The molecule has 0 radical (unpaired) electrons. The number of Topliss-reactive ketones (excluding diaryl/α,β-unsaturated/α-hetero) is 1. The summed E-state index contributed by atoms with van der Waals surface area (Å²) in [5, 5.41) is 19.0. The molecular weight excluding hydrogens is 374 g/mol. The number of hydrogen-bond donors (Lipinski definition) is 1. The summed E-state index contributed by atoms with van der Waals surface area (Å²) < 4.78 is 0. The molecule has 5 nitrogen and oxygen atoms in total. The summed E-state index contributed by atoms with van der Waals surface area (Å²) in [5.41, 5.74) is -0.279. The van der Waals surface area contributed by atoms with Crippen molar-refractivity contribution in [3.05, 3.63) is 12.4 Å². The van der Waals surface area contributed by atoms with Crippen LogP contribution in [0.1, 0.15) is 65.7 Å². The summed E-state index contributed by atoms with van der Waals surface area (Å²) >= 11 is 0. The number of hydrogen-bond acceptors (Lipinski definition) is 4. The van der Waals surface area contributed by atoms with Gasteiger partial charge < -0.3 is 5.11 Å². The van der Waals surface area contributed by atoms with E-state index in [4.69, 9.17) is 0 Å². The van der Waals surface area contributed by atoms with E-state index in [1.165, 1.54) is 32.1 Å². The van der Waals surface area contributed by atoms with Crippen LogP contribution < -0.4 is 0 Å². The van der Waals surface area contributed by atoms with Crippen molar-refractivity contribution in [1.29, 1.82) is 0 Å². The van der Waals surface area contributed by atoms with Gasteiger partial charge in [-0.25, -0.2) is 0 Å². The van der Waals surface area contributed by atoms with Crippen LogP contribution >= 0.6 is 0 Å². The minimum Gasteiger partial charge on any atom is -0.390 e. The van der Waals surface area contributed by atoms with Gasteiger partial charge in [-0.2, -0.15) is 15.0 Å². The van der Waals surface area contributed by atoms with E-state index >= 15 is 0 Å². The summed E-state index contributed by atoms with van der Waals surface area (Å²) in [5.74, 6) is 6.48. The molecule has 0 spiro atoms. The van der Waals surface area contributed by atoms with Crippen LogP contribution in [0.15, 0.2) is 12.4 Å². The Labute approximate surface area is 180 Å². The first-order chi connectivity index (χ1) is 14.3. The maximum atomic E-state index is 13.5. The molecule has 164 valence electrons. The van der Waals surface area contributed by atoms with Crippen molar-refractivity contribution in [2.24, 2.45) is 58.7 Å². The Morgan fingerprint density at radius 3 is 2.53 bits per heavy atom. The molecule has 0 saturated heterocycles. The van der Waals surface area contributed by atoms with Gasteiger partial charge in [-0.05, 0) is 105 Å². The number of aliphatic hydroxyl groups is 1. The molecule has 5 saturated carbocycles. The highest BCUT2D eigenvalue weighted by atomic mass is 16.3. The predicted octanol–water partition coefficient (Wildman–Crippen LogP) is 3.97. The Balaban J connectivity index is 1.27. The van der Waals surface area contributed by atoms with Gasteiger partial charge in [0.15, 0.2) is 5.78 Å². The fourth-order valence-corrected chi connectivity index (χ4v) is 9.65. The molecule has 11 atom stereocenters. The summed E-state index contributed by atoms with van der Waals surface area (Å²) in [4.78, 5) is 15.1. The van der Waals surface area contributed by atoms with Crippen LogP contribution in [0.4, 0.5) is 0 Å². The fraction of sp³-hybridized carbons (Fsp3) is 0.880. The second-order valence-corrected chi connectivity index (χ2v) is 12.2. The average Bonchev–Trinajstić information content (AvgIpc) is 3.06. The van der Waals surface area contributed by atoms with Gasteiger partial charge in [0.1, 0.15) is 6.54 Å². The third-order valence-electron chi connectivity index (χ3n) is 10.7. The SMILES string of the molecule is C[C@H]1[C@@H]2[C@H]1[C@H](C(=O)Cn1nccn1)[C@@]1(C)CC[C@H]3[C@@H](CC[C@@H]4C[C@](C)(O)CC[C@@H]43)[C@H]21. The third-order valence-corrected chi connectivity index (χ3v) is 10.7. The first-order valence-electron chi connectivity index (χ1n) is 12.4. The van der Waals surface area contributed by atoms with Gasteiger partial charge in [0.25, 0.3) is 0 Å². The minimum atomic E-state index is -0.446. The van der Waals surface area contributed by atoms with E-state index in [1.807, 2.05) is 6.92 Å². The zero-order chi connectivity index (χ0) is 20.8. The van der Waals surface area contributed by atoms with E-state index < -0.39 is 5.60 Å². The number of aromatic nitrogens is 3. The first-order valence-corrected chi connectivity index (χ1v) is 12.4. The van der Waals surface area contributed by atoms with Crippen LogP contribution in [0.25, 0.3) is 0 Å². The molecule has 1 aromatic heterocycles. The number of rotatable bonds is 3. The molecule has 30 heavy (non-hydrogen) atoms. The van der Waals surface area contributed by atoms with Crippen molar-refractivity contribution in [1.82, 2.24) is 15.0 Å². The Bertz CT molecular complexity index is 835. The third kappa shape index (κ3) is 2.66. The highest BCUT2D eigenvalue weighted by Gasteiger charge is 2.73. The van der Waals surface area contributed by atoms with Crippen LogP contribution in [-0.2, 0) is 11.3 Å². The monoisotopic (exact) mass is 411 g/mol. The zero-order valence-electron chi connectivity index (χ0n) is 18.7. The minimum absolute atomic E-state index is 0.167. The Morgan fingerprint density at radius 2 is 1.77 bits per heavy atom. The number of fused-ring (bicyclic) bond motifs is 7. The van der Waals surface area contributed by atoms with Gasteiger partial charge in [0.2, 0.25) is 0 Å². The van der Waals surface area contributed by atoms with Gasteiger partial charge >= 0.3 is 0 Å². The highest BCUT2D eigenvalue weighted by molar-refractivity contribution is 5.83. The molecule has 1 aromatic rings. The van der Waals surface area contributed by atoms with Gasteiger partial charge in [-0.3, -0.25) is 4.79 Å². The van der Waals surface area contributed by atoms with Gasteiger partial charge in [0, 0.05) is 5.92 Å². The molecule has 0 unspecified atom stereocenters. The van der Waals surface area contributed by atoms with E-state index in [0.29, 0.717) is 24.2 Å². The van der Waals surface area contributed by atoms with Gasteiger partial charge in [-0.1, -0.05) is 13.8 Å². The van der Waals surface area contributed by atoms with E-state index in [-0.39, 0.29) is 11.3 Å². The van der Waals surface area contributed by atoms with Crippen LogP contribution in [0.5, 0.6) is 0 Å². The lowest BCUT2D eigenvalue weighted by Gasteiger charge is -2.58. The topological polar surface area (TPSA) is 68.0 Å². The number of carbonyl (C=O) groups is 1. The molecule has 1 N–H and O–H groups in total. The fourth-order valence-electron chi connectivity index (χ4n) is 9.65. The molecular formula is C25H37N3O2. The lowest BCUT2D eigenvalue weighted by Crippen LogP contribution is -2.52. The lowest BCUT2D eigenvalue weighted by atomic mass is 9.47. The average molecular weight is 412 g/mol. The van der Waals surface area contributed by atoms with Crippen molar-refractivity contribution < 1.29 is 9.90 Å². The Hall–Kier alpha value is -1.23. The summed E-state index contributed by atoms with van der Waals surface area (Å²) in [6, 6.07) is 0. The predicted molar refractivity (Wildman–Crippen MR) is 113 cm³/mol. The molecule has 1 heterocycles. The maximum absolute atomic E-state index is 13.5. The number of nitrogens with zero attached hydrogens (tertiary/aromatic N) is 3. The van der Waals surface area contributed by atoms with E-state index in [1.54, 1.807) is 17.2 Å². The second-order valence-electron chi connectivity index (χ2n) is 12.2. The lowest BCUT2D eigenvalue weighted by molar-refractivity contribution is -0.137. The molecule has 5 aliphatic carbocycles. The molecule has 5 heteroatoms. The molecule has 5 aliphatic rings. The zero-order valence-corrected chi connectivity index (χ0v) is 18.7. The van der Waals surface area contributed by atoms with Crippen LogP contribution in [-0.4, -0.2) is 31.5 Å². The quantitative estimate of drug-likeness (QED) is 0.817. The van der Waals surface area contributed by atoms with Crippen LogP contribution in [0.2, 0.25) is 0 Å². The van der Waals surface area contributed by atoms with E-state index in [2.05, 4.69) is 24.0 Å². The molecule has 0 amide bonds. The van der Waals surface area contributed by atoms with Crippen molar-refractivity contribution in [3.63, 3.8) is 0 Å². The standard InChI is InChI=1S/C25H37N3O2/c1-14-20-21(14)23(19(29)13-28-26-10-11-27-28)25(3)9-7-17-16-6-8-24(2,30)12-15(16)4-5-18(17)22(20)25/h10-11,14-18,20-23,30H,4-9,12-13H2,1-3H3/t14-,15+,16-,17+,18+,20+,21-,22+,23-,24+,25-/m0/s1. The smallest absolute Gasteiger partial charge is 0.160 e. The number of carbonyl (C=O) groups excluding carboxylic acids is 1. The first kappa shape index (κ1) is 19.5. The second kappa shape index (κ2) is 6.40. The van der Waals surface area contributed by atoms with E-state index in [0.717, 1.165) is 48.3 Å². The maximum Gasteiger partial charge on any atom is 0.160 e. The van der Waals surface area contributed by atoms with Crippen molar-refractivity contribution >= 4 is 5.78 Å². The number of ketones is 1. The van der Waals surface area contributed by atoms with Gasteiger partial charge in [0.05, 0.1) is 18.0 Å². The Kier molecular flexibility index (Phi) is 4.15. The summed E-state index contributed by atoms with van der Waals surface area (Å²) in [7, 11) is 0. The summed E-state index contributed by atoms with van der Waals surface area (Å²) in [6.07, 6.45) is 11.6. The van der Waals surface area contributed by atoms with Gasteiger partial charge in [-0.15, -0.1) is 0 Å². The van der Waals surface area contributed by atoms with Crippen LogP contribution in [0, 0.1) is 58.7 Å². The molecule has 6 rings (SSSR count). The van der Waals surface area contributed by atoms with Crippen LogP contribution in [0.3, 0.4) is 0 Å². The molecule has 0 bridgehead atoms. The molecule has 5 fully saturated rings. The normalized spacial score (nSPS) is 53.9. The molecule has 0 aromatic carbocycles. The van der Waals surface area contributed by atoms with Crippen molar-refractivity contribution in [2.75, 3.05) is 0 Å². The Morgan fingerprint density at radius 1 is 1.03 bits per heavy atom.